The Morgan fingerprint density at radius 3 is 3.00 bits per heavy atom. The van der Waals surface area contributed by atoms with Gasteiger partial charge in [0.2, 0.25) is 0 Å². The molecule has 2 aromatic rings. The predicted molar refractivity (Wildman–Crippen MR) is 79.0 cm³/mol. The molecule has 4 nitrogen and oxygen atoms in total. The van der Waals surface area contributed by atoms with E-state index in [9.17, 15) is 0 Å². The zero-order chi connectivity index (χ0) is 13.9. The number of methoxy groups -OCH3 is 1. The van der Waals surface area contributed by atoms with Crippen LogP contribution in [0.3, 0.4) is 0 Å². The van der Waals surface area contributed by atoms with Gasteiger partial charge >= 0.3 is 0 Å². The van der Waals surface area contributed by atoms with Gasteiger partial charge in [0.25, 0.3) is 0 Å². The second kappa shape index (κ2) is 5.85. The molecular weight excluding hydrogens is 274 g/mol. The van der Waals surface area contributed by atoms with Crippen molar-refractivity contribution in [2.45, 2.75) is 32.0 Å². The molecule has 1 fully saturated rings. The molecule has 0 radical (unpaired) electrons. The van der Waals surface area contributed by atoms with Crippen molar-refractivity contribution in [1.82, 2.24) is 14.9 Å². The Labute approximate surface area is 123 Å². The number of benzene rings is 1. The molecule has 1 aromatic carbocycles. The monoisotopic (exact) mass is 291 g/mol. The van der Waals surface area contributed by atoms with Gasteiger partial charge < -0.3 is 14.6 Å². The quantitative estimate of drug-likeness (QED) is 0.888. The summed E-state index contributed by atoms with van der Waals surface area (Å²) in [5, 5.41) is 4.15. The molecule has 0 spiro atoms. The molecule has 5 heteroatoms. The summed E-state index contributed by atoms with van der Waals surface area (Å²) in [7, 11) is 1.66. The summed E-state index contributed by atoms with van der Waals surface area (Å²) in [6.45, 7) is 1.46. The van der Waals surface area contributed by atoms with E-state index in [1.54, 1.807) is 7.11 Å². The first kappa shape index (κ1) is 13.5. The summed E-state index contributed by atoms with van der Waals surface area (Å²) < 4.78 is 7.60. The van der Waals surface area contributed by atoms with Crippen molar-refractivity contribution in [1.29, 1.82) is 0 Å². The molecule has 0 unspecified atom stereocenters. The summed E-state index contributed by atoms with van der Waals surface area (Å²) in [5.41, 5.74) is 2.22. The molecule has 0 amide bonds. The smallest absolute Gasteiger partial charge is 0.124 e. The standard InChI is InChI=1S/C15H18ClN3O/c1-20-15-4-2-3-14(16)13(15)9-17-7-12-8-18-10-19(12)11-5-6-11/h2-4,8,10-11,17H,5-7,9H2,1H3. The highest BCUT2D eigenvalue weighted by Crippen LogP contribution is 2.35. The van der Waals surface area contributed by atoms with E-state index in [1.807, 2.05) is 30.7 Å². The van der Waals surface area contributed by atoms with Gasteiger partial charge in [-0.15, -0.1) is 0 Å². The molecule has 0 atom stereocenters. The van der Waals surface area contributed by atoms with E-state index < -0.39 is 0 Å². The van der Waals surface area contributed by atoms with Crippen LogP contribution in [0.1, 0.15) is 30.1 Å². The minimum absolute atomic E-state index is 0.657. The Balaban J connectivity index is 1.64. The number of nitrogens with one attached hydrogen (secondary N) is 1. The molecular formula is C15H18ClN3O. The van der Waals surface area contributed by atoms with Crippen LogP contribution in [0.25, 0.3) is 0 Å². The fourth-order valence-electron chi connectivity index (χ4n) is 2.37. The number of hydrogen-bond donors (Lipinski definition) is 1. The third-order valence-electron chi connectivity index (χ3n) is 3.59. The van der Waals surface area contributed by atoms with Crippen LogP contribution in [0.15, 0.2) is 30.7 Å². The molecule has 106 valence electrons. The number of hydrogen-bond acceptors (Lipinski definition) is 3. The van der Waals surface area contributed by atoms with Crippen molar-refractivity contribution < 1.29 is 4.74 Å². The van der Waals surface area contributed by atoms with Crippen molar-refractivity contribution in [3.8, 4) is 5.75 Å². The molecule has 1 N–H and O–H groups in total. The largest absolute Gasteiger partial charge is 0.496 e. The number of ether oxygens (including phenoxy) is 1. The topological polar surface area (TPSA) is 39.1 Å². The highest BCUT2D eigenvalue weighted by molar-refractivity contribution is 6.31. The van der Waals surface area contributed by atoms with Crippen molar-refractivity contribution >= 4 is 11.6 Å². The molecule has 3 rings (SSSR count). The maximum absolute atomic E-state index is 6.22. The summed E-state index contributed by atoms with van der Waals surface area (Å²) in [5.74, 6) is 0.820. The average Bonchev–Trinajstić information content (AvgIpc) is 3.20. The maximum atomic E-state index is 6.22. The normalized spacial score (nSPS) is 14.5. The van der Waals surface area contributed by atoms with Crippen LogP contribution in [-0.2, 0) is 13.1 Å². The maximum Gasteiger partial charge on any atom is 0.124 e. The van der Waals surface area contributed by atoms with Gasteiger partial charge in [-0.1, -0.05) is 17.7 Å². The van der Waals surface area contributed by atoms with Gasteiger partial charge in [-0.2, -0.15) is 0 Å². The average molecular weight is 292 g/mol. The van der Waals surface area contributed by atoms with Gasteiger partial charge in [-0.3, -0.25) is 0 Å². The van der Waals surface area contributed by atoms with E-state index in [-0.39, 0.29) is 0 Å². The zero-order valence-electron chi connectivity index (χ0n) is 11.5. The van der Waals surface area contributed by atoms with E-state index in [0.29, 0.717) is 12.6 Å². The van der Waals surface area contributed by atoms with Gasteiger partial charge in [-0.25, -0.2) is 4.98 Å². The van der Waals surface area contributed by atoms with Crippen LogP contribution in [-0.4, -0.2) is 16.7 Å². The van der Waals surface area contributed by atoms with Crippen molar-refractivity contribution in [2.75, 3.05) is 7.11 Å². The molecule has 1 heterocycles. The lowest BCUT2D eigenvalue weighted by molar-refractivity contribution is 0.407. The van der Waals surface area contributed by atoms with Crippen LogP contribution in [0.2, 0.25) is 5.02 Å². The molecule has 20 heavy (non-hydrogen) atoms. The second-order valence-electron chi connectivity index (χ2n) is 5.05. The highest BCUT2D eigenvalue weighted by atomic mass is 35.5. The van der Waals surface area contributed by atoms with Gasteiger partial charge in [0, 0.05) is 35.9 Å². The number of halogens is 1. The molecule has 0 aliphatic heterocycles. The van der Waals surface area contributed by atoms with Crippen LogP contribution in [0.4, 0.5) is 0 Å². The first-order valence-corrected chi connectivity index (χ1v) is 7.20. The second-order valence-corrected chi connectivity index (χ2v) is 5.45. The van der Waals surface area contributed by atoms with Gasteiger partial charge in [0.15, 0.2) is 0 Å². The Hall–Kier alpha value is -1.52. The molecule has 1 aliphatic carbocycles. The van der Waals surface area contributed by atoms with E-state index in [2.05, 4.69) is 14.9 Å². The Bertz CT molecular complexity index is 593. The lowest BCUT2D eigenvalue weighted by Crippen LogP contribution is -2.16. The Morgan fingerprint density at radius 2 is 2.25 bits per heavy atom. The summed E-state index contributed by atoms with van der Waals surface area (Å²) in [6.07, 6.45) is 6.38. The fraction of sp³-hybridized carbons (Fsp3) is 0.400. The molecule has 1 aliphatic rings. The third-order valence-corrected chi connectivity index (χ3v) is 3.94. The lowest BCUT2D eigenvalue weighted by atomic mass is 10.2. The highest BCUT2D eigenvalue weighted by Gasteiger charge is 2.24. The van der Waals surface area contributed by atoms with Gasteiger partial charge in [0.1, 0.15) is 5.75 Å². The van der Waals surface area contributed by atoms with Gasteiger partial charge in [0.05, 0.1) is 19.1 Å². The Morgan fingerprint density at radius 1 is 1.40 bits per heavy atom. The van der Waals surface area contributed by atoms with Crippen LogP contribution >= 0.6 is 11.6 Å². The third kappa shape index (κ3) is 2.81. The van der Waals surface area contributed by atoms with E-state index in [0.717, 1.165) is 22.9 Å². The van der Waals surface area contributed by atoms with E-state index in [1.165, 1.54) is 18.5 Å². The van der Waals surface area contributed by atoms with Crippen LogP contribution in [0, 0.1) is 0 Å². The molecule has 1 aromatic heterocycles. The predicted octanol–water partition coefficient (Wildman–Crippen LogP) is 3.17. The van der Waals surface area contributed by atoms with Crippen LogP contribution < -0.4 is 10.1 Å². The van der Waals surface area contributed by atoms with E-state index >= 15 is 0 Å². The number of imidazole rings is 1. The summed E-state index contributed by atoms with van der Waals surface area (Å²) >= 11 is 6.22. The first-order chi connectivity index (χ1) is 9.79. The van der Waals surface area contributed by atoms with Crippen molar-refractivity contribution in [2.24, 2.45) is 0 Å². The molecule has 0 saturated heterocycles. The molecule has 1 saturated carbocycles. The van der Waals surface area contributed by atoms with Crippen molar-refractivity contribution in [3.05, 3.63) is 47.0 Å². The molecule has 0 bridgehead atoms. The van der Waals surface area contributed by atoms with Crippen molar-refractivity contribution in [3.63, 3.8) is 0 Å². The van der Waals surface area contributed by atoms with Gasteiger partial charge in [-0.05, 0) is 25.0 Å². The van der Waals surface area contributed by atoms with E-state index in [4.69, 9.17) is 16.3 Å². The SMILES string of the molecule is COc1cccc(Cl)c1CNCc1cncn1C1CC1. The number of aromatic nitrogens is 2. The lowest BCUT2D eigenvalue weighted by Gasteiger charge is -2.12. The first-order valence-electron chi connectivity index (χ1n) is 6.82. The summed E-state index contributed by atoms with van der Waals surface area (Å²) in [4.78, 5) is 4.23. The fourth-order valence-corrected chi connectivity index (χ4v) is 2.60. The minimum Gasteiger partial charge on any atom is -0.496 e. The van der Waals surface area contributed by atoms with Crippen LogP contribution in [0.5, 0.6) is 5.75 Å². The zero-order valence-corrected chi connectivity index (χ0v) is 12.2. The minimum atomic E-state index is 0.657. The number of rotatable bonds is 6. The number of nitrogens with zero attached hydrogens (tertiary/aromatic N) is 2. The summed E-state index contributed by atoms with van der Waals surface area (Å²) in [6, 6.07) is 6.36. The Kier molecular flexibility index (Phi) is 3.94.